The van der Waals surface area contributed by atoms with E-state index in [-0.39, 0.29) is 48.7 Å². The Morgan fingerprint density at radius 2 is 1.23 bits per heavy atom. The average molecular weight is 357 g/mol. The Hall–Kier alpha value is 0.0900. The Balaban J connectivity index is 0.00000220. The van der Waals surface area contributed by atoms with Gasteiger partial charge in [0.05, 0.1) is 12.2 Å². The molecule has 2 aliphatic heterocycles. The van der Waals surface area contributed by atoms with Crippen molar-refractivity contribution in [3.05, 3.63) is 0 Å². The summed E-state index contributed by atoms with van der Waals surface area (Å²) in [5.74, 6) is 0.308. The molecule has 2 saturated heterocycles. The topological polar surface area (TPSA) is 64.0 Å². The second-order valence-electron chi connectivity index (χ2n) is 6.37. The van der Waals surface area contributed by atoms with Gasteiger partial charge in [-0.25, -0.2) is 0 Å². The third-order valence-electron chi connectivity index (χ3n) is 4.65. The summed E-state index contributed by atoms with van der Waals surface area (Å²) >= 11 is 0. The zero-order chi connectivity index (χ0) is 14.5. The van der Waals surface area contributed by atoms with Crippen LogP contribution in [0, 0.1) is 5.92 Å². The predicted octanol–water partition coefficient (Wildman–Crippen LogP) is 0.949. The van der Waals surface area contributed by atoms with E-state index in [1.54, 1.807) is 6.92 Å². The van der Waals surface area contributed by atoms with E-state index in [4.69, 9.17) is 0 Å². The lowest BCUT2D eigenvalue weighted by atomic mass is 9.99. The maximum atomic E-state index is 11.9. The Bertz CT molecular complexity index is 294. The van der Waals surface area contributed by atoms with Crippen molar-refractivity contribution < 1.29 is 15.0 Å². The predicted molar refractivity (Wildman–Crippen MR) is 92.0 cm³/mol. The molecule has 0 saturated carbocycles. The number of hydrogen-bond donors (Lipinski definition) is 2. The first-order chi connectivity index (χ1) is 9.54. The number of aliphatic hydroxyl groups is 2. The van der Waals surface area contributed by atoms with E-state index >= 15 is 0 Å². The molecule has 0 aromatic rings. The van der Waals surface area contributed by atoms with Crippen molar-refractivity contribution in [2.75, 3.05) is 39.3 Å². The average Bonchev–Trinajstić information content (AvgIpc) is 2.42. The number of carbonyl (C=O) groups is 1. The van der Waals surface area contributed by atoms with E-state index in [9.17, 15) is 15.0 Å². The third-order valence-corrected chi connectivity index (χ3v) is 4.65. The molecule has 0 aromatic heterocycles. The van der Waals surface area contributed by atoms with Crippen LogP contribution in [0.25, 0.3) is 0 Å². The molecule has 2 fully saturated rings. The fourth-order valence-corrected chi connectivity index (χ4v) is 3.14. The largest absolute Gasteiger partial charge is 0.393 e. The highest BCUT2D eigenvalue weighted by molar-refractivity contribution is 5.85. The number of halogens is 2. The number of carbonyl (C=O) groups excluding carboxylic acids is 1. The highest BCUT2D eigenvalue weighted by Gasteiger charge is 2.26. The van der Waals surface area contributed by atoms with Gasteiger partial charge in [0.2, 0.25) is 0 Å². The van der Waals surface area contributed by atoms with Crippen molar-refractivity contribution in [3.63, 3.8) is 0 Å². The molecule has 7 heteroatoms. The van der Waals surface area contributed by atoms with Gasteiger partial charge in [-0.2, -0.15) is 0 Å². The summed E-state index contributed by atoms with van der Waals surface area (Å²) in [6.45, 7) is 6.87. The summed E-state index contributed by atoms with van der Waals surface area (Å²) in [4.78, 5) is 16.5. The fraction of sp³-hybridized carbons (Fsp3) is 0.933. The Morgan fingerprint density at radius 1 is 0.909 bits per heavy atom. The highest BCUT2D eigenvalue weighted by atomic mass is 35.5. The minimum absolute atomic E-state index is 0. The van der Waals surface area contributed by atoms with Crippen molar-refractivity contribution in [1.82, 2.24) is 9.80 Å². The smallest absolute Gasteiger partial charge is 0.135 e. The van der Waals surface area contributed by atoms with E-state index in [2.05, 4.69) is 9.80 Å². The maximum Gasteiger partial charge on any atom is 0.135 e. The molecule has 132 valence electrons. The lowest BCUT2D eigenvalue weighted by molar-refractivity contribution is -0.122. The summed E-state index contributed by atoms with van der Waals surface area (Å²) in [5.41, 5.74) is 0. The monoisotopic (exact) mass is 356 g/mol. The summed E-state index contributed by atoms with van der Waals surface area (Å²) < 4.78 is 0. The van der Waals surface area contributed by atoms with Gasteiger partial charge in [0.1, 0.15) is 5.78 Å². The summed E-state index contributed by atoms with van der Waals surface area (Å²) in [7, 11) is 0. The lowest BCUT2D eigenvalue weighted by Gasteiger charge is -2.35. The standard InChI is InChI=1S/C15H28N2O3.2ClH/c1-12(18)13(10-16-6-2-14(19)3-7-16)11-17-8-4-15(20)5-9-17;;/h13-15,19-20H,2-11H2,1H3;2*1H. The number of aliphatic hydroxyl groups excluding tert-OH is 2. The van der Waals surface area contributed by atoms with Gasteiger partial charge in [-0.05, 0) is 32.6 Å². The maximum absolute atomic E-state index is 11.9. The summed E-state index contributed by atoms with van der Waals surface area (Å²) in [5, 5.41) is 19.1. The van der Waals surface area contributed by atoms with Crippen molar-refractivity contribution in [1.29, 1.82) is 0 Å². The molecular formula is C15H30Cl2N2O3. The van der Waals surface area contributed by atoms with Crippen LogP contribution in [0.3, 0.4) is 0 Å². The second kappa shape index (κ2) is 10.8. The van der Waals surface area contributed by atoms with Crippen LogP contribution in [0.15, 0.2) is 0 Å². The summed E-state index contributed by atoms with van der Waals surface area (Å²) in [6.07, 6.45) is 2.96. The Labute approximate surface area is 145 Å². The molecule has 0 amide bonds. The fourth-order valence-electron chi connectivity index (χ4n) is 3.14. The molecule has 0 unspecified atom stereocenters. The number of ketones is 1. The molecule has 2 aliphatic rings. The zero-order valence-electron chi connectivity index (χ0n) is 13.3. The van der Waals surface area contributed by atoms with Crippen LogP contribution in [0.4, 0.5) is 0 Å². The number of nitrogens with zero attached hydrogens (tertiary/aromatic N) is 2. The van der Waals surface area contributed by atoms with Gasteiger partial charge in [-0.1, -0.05) is 0 Å². The van der Waals surface area contributed by atoms with E-state index in [0.717, 1.165) is 65.0 Å². The molecule has 5 nitrogen and oxygen atoms in total. The molecular weight excluding hydrogens is 327 g/mol. The normalized spacial score (nSPS) is 22.2. The van der Waals surface area contributed by atoms with E-state index in [1.807, 2.05) is 0 Å². The minimum atomic E-state index is -0.161. The molecule has 0 aliphatic carbocycles. The van der Waals surface area contributed by atoms with Crippen molar-refractivity contribution in [2.45, 2.75) is 44.8 Å². The molecule has 22 heavy (non-hydrogen) atoms. The third kappa shape index (κ3) is 7.11. The van der Waals surface area contributed by atoms with Crippen molar-refractivity contribution in [3.8, 4) is 0 Å². The number of likely N-dealkylation sites (tertiary alicyclic amines) is 2. The van der Waals surface area contributed by atoms with E-state index < -0.39 is 0 Å². The van der Waals surface area contributed by atoms with E-state index in [1.165, 1.54) is 0 Å². The number of hydrogen-bond acceptors (Lipinski definition) is 5. The van der Waals surface area contributed by atoms with Crippen LogP contribution in [-0.2, 0) is 4.79 Å². The number of piperidine rings is 2. The van der Waals surface area contributed by atoms with Gasteiger partial charge in [-0.3, -0.25) is 4.79 Å². The van der Waals surface area contributed by atoms with Crippen LogP contribution in [0.1, 0.15) is 32.6 Å². The first-order valence-electron chi connectivity index (χ1n) is 7.86. The first kappa shape index (κ1) is 22.1. The van der Waals surface area contributed by atoms with Gasteiger partial charge in [0.25, 0.3) is 0 Å². The van der Waals surface area contributed by atoms with Crippen molar-refractivity contribution >= 4 is 30.6 Å². The quantitative estimate of drug-likeness (QED) is 0.767. The molecule has 2 heterocycles. The van der Waals surface area contributed by atoms with Gasteiger partial charge >= 0.3 is 0 Å². The van der Waals surface area contributed by atoms with Crippen LogP contribution in [0.5, 0.6) is 0 Å². The SMILES string of the molecule is CC(=O)C(CN1CCC(O)CC1)CN1CCC(O)CC1.Cl.Cl. The molecule has 0 bridgehead atoms. The van der Waals surface area contributed by atoms with Gasteiger partial charge in [0.15, 0.2) is 0 Å². The molecule has 0 atom stereocenters. The molecule has 0 radical (unpaired) electrons. The number of rotatable bonds is 5. The van der Waals surface area contributed by atoms with Gasteiger partial charge in [-0.15, -0.1) is 24.8 Å². The van der Waals surface area contributed by atoms with Gasteiger partial charge < -0.3 is 20.0 Å². The molecule has 0 spiro atoms. The van der Waals surface area contributed by atoms with Crippen LogP contribution in [-0.4, -0.2) is 77.3 Å². The van der Waals surface area contributed by atoms with E-state index in [0.29, 0.717) is 0 Å². The minimum Gasteiger partial charge on any atom is -0.393 e. The second-order valence-corrected chi connectivity index (χ2v) is 6.37. The van der Waals surface area contributed by atoms with Gasteiger partial charge in [0, 0.05) is 45.2 Å². The van der Waals surface area contributed by atoms with Crippen LogP contribution < -0.4 is 0 Å². The zero-order valence-corrected chi connectivity index (χ0v) is 14.9. The number of Topliss-reactive ketones (excluding diaryl/α,β-unsaturated/α-hetero) is 1. The van der Waals surface area contributed by atoms with Crippen LogP contribution in [0.2, 0.25) is 0 Å². The Morgan fingerprint density at radius 3 is 1.50 bits per heavy atom. The molecule has 0 aromatic carbocycles. The lowest BCUT2D eigenvalue weighted by Crippen LogP contribution is -2.45. The first-order valence-corrected chi connectivity index (χ1v) is 7.86. The van der Waals surface area contributed by atoms with Crippen molar-refractivity contribution in [2.24, 2.45) is 5.92 Å². The summed E-state index contributed by atoms with van der Waals surface area (Å²) in [6, 6.07) is 0. The highest BCUT2D eigenvalue weighted by Crippen LogP contribution is 2.16. The van der Waals surface area contributed by atoms with Crippen LogP contribution >= 0.6 is 24.8 Å². The Kier molecular flexibility index (Phi) is 10.8. The molecule has 2 rings (SSSR count). The molecule has 2 N–H and O–H groups in total.